The van der Waals surface area contributed by atoms with E-state index < -0.39 is 0 Å². The summed E-state index contributed by atoms with van der Waals surface area (Å²) in [5.74, 6) is 3.56. The molecule has 0 amide bonds. The molecule has 0 heterocycles. The minimum Gasteiger partial charge on any atom is -0.504 e. The highest BCUT2D eigenvalue weighted by atomic mass is 16.5. The molecule has 6 rings (SSSR count). The van der Waals surface area contributed by atoms with Gasteiger partial charge in [0.2, 0.25) is 0 Å². The fourth-order valence-corrected chi connectivity index (χ4v) is 12.6. The molecule has 4 nitrogen and oxygen atoms in total. The molecule has 1 unspecified atom stereocenters. The van der Waals surface area contributed by atoms with Crippen molar-refractivity contribution in [1.82, 2.24) is 0 Å². The van der Waals surface area contributed by atoms with Crippen LogP contribution in [0.5, 0.6) is 11.5 Å². The van der Waals surface area contributed by atoms with Crippen LogP contribution in [0.2, 0.25) is 0 Å². The Hall–Kier alpha value is -2.23. The average Bonchev–Trinajstić information content (AvgIpc) is 3.57. The summed E-state index contributed by atoms with van der Waals surface area (Å²) in [6.45, 7) is 17.3. The van der Waals surface area contributed by atoms with Crippen molar-refractivity contribution in [1.29, 1.82) is 0 Å². The van der Waals surface area contributed by atoms with Crippen LogP contribution in [0.1, 0.15) is 131 Å². The van der Waals surface area contributed by atoms with Crippen LogP contribution in [0.25, 0.3) is 6.08 Å². The summed E-state index contributed by atoms with van der Waals surface area (Å²) < 4.78 is 11.5. The number of hydrogen-bond acceptors (Lipinski definition) is 4. The number of esters is 1. The third-order valence-electron chi connectivity index (χ3n) is 15.0. The lowest BCUT2D eigenvalue weighted by atomic mass is 9.41. The first kappa shape index (κ1) is 32.7. The number of rotatable bonds is 9. The molecular weight excluding hydrogens is 556 g/mol. The van der Waals surface area contributed by atoms with E-state index in [0.717, 1.165) is 29.7 Å². The lowest BCUT2D eigenvalue weighted by molar-refractivity contribution is -0.182. The highest BCUT2D eigenvalue weighted by Gasteiger charge is 2.82. The maximum Gasteiger partial charge on any atom is 0.309 e. The lowest BCUT2D eigenvalue weighted by Gasteiger charge is -2.63. The Morgan fingerprint density at radius 2 is 1.71 bits per heavy atom. The molecule has 1 aromatic rings. The number of carbonyl (C=O) groups is 1. The Morgan fingerprint density at radius 1 is 0.978 bits per heavy atom. The molecule has 2 spiro atoms. The number of phenolic OH excluding ortho intramolecular Hbond substituents is 1. The Balaban J connectivity index is 1.12. The zero-order valence-electron chi connectivity index (χ0n) is 29.5. The predicted molar refractivity (Wildman–Crippen MR) is 183 cm³/mol. The van der Waals surface area contributed by atoms with Crippen molar-refractivity contribution in [2.75, 3.05) is 7.11 Å². The summed E-state index contributed by atoms with van der Waals surface area (Å²) in [4.78, 5) is 13.1. The molecule has 1 aromatic carbocycles. The molecule has 5 aliphatic carbocycles. The second-order valence-electron chi connectivity index (χ2n) is 17.4. The first-order chi connectivity index (χ1) is 21.2. The highest BCUT2D eigenvalue weighted by molar-refractivity contribution is 5.73. The summed E-state index contributed by atoms with van der Waals surface area (Å²) in [5, 5.41) is 9.86. The average molecular weight is 617 g/mol. The van der Waals surface area contributed by atoms with E-state index in [0.29, 0.717) is 33.3 Å². The van der Waals surface area contributed by atoms with Gasteiger partial charge >= 0.3 is 5.97 Å². The lowest BCUT2D eigenvalue weighted by Crippen LogP contribution is -2.58. The van der Waals surface area contributed by atoms with Crippen molar-refractivity contribution in [3.63, 3.8) is 0 Å². The molecule has 0 aliphatic heterocycles. The standard InChI is InChI=1S/C41H60O4/c1-27(2)11-9-12-28(3)30-19-21-39(7)34-18-17-33-37(4,5)35(20-22-40(33)26-41(34,40)24-23-38(30,39)6)45-36(43)14-10-13-29-15-16-31(42)32(25-29)44-8/h10-11,13,15-16,25,28,30,33-35,42H,9,12,14,17-24,26H2,1-8H3/b13-10+/t28?,30-,33+,34+,35+,38-,39+,40-,41+/m1/s1. The molecule has 0 radical (unpaired) electrons. The molecule has 0 aromatic heterocycles. The van der Waals surface area contributed by atoms with E-state index in [1.165, 1.54) is 76.9 Å². The summed E-state index contributed by atoms with van der Waals surface area (Å²) in [7, 11) is 1.54. The first-order valence-electron chi connectivity index (χ1n) is 18.1. The monoisotopic (exact) mass is 616 g/mol. The third-order valence-corrected chi connectivity index (χ3v) is 15.0. The Morgan fingerprint density at radius 3 is 2.44 bits per heavy atom. The summed E-state index contributed by atoms with van der Waals surface area (Å²) in [5.41, 5.74) is 4.23. The summed E-state index contributed by atoms with van der Waals surface area (Å²) in [6.07, 6.45) is 21.0. The van der Waals surface area contributed by atoms with Gasteiger partial charge in [-0.3, -0.25) is 4.79 Å². The van der Waals surface area contributed by atoms with Crippen molar-refractivity contribution in [2.45, 2.75) is 132 Å². The van der Waals surface area contributed by atoms with Gasteiger partial charge in [-0.05, 0) is 148 Å². The molecule has 1 N–H and O–H groups in total. The molecule has 4 heteroatoms. The number of carbonyl (C=O) groups excluding carboxylic acids is 1. The fraction of sp³-hybridized carbons (Fsp3) is 0.732. The number of hydrogen-bond donors (Lipinski definition) is 1. The van der Waals surface area contributed by atoms with E-state index in [1.807, 2.05) is 18.2 Å². The molecule has 0 saturated heterocycles. The smallest absolute Gasteiger partial charge is 0.309 e. The number of aromatic hydroxyl groups is 1. The van der Waals surface area contributed by atoms with E-state index in [-0.39, 0.29) is 29.7 Å². The van der Waals surface area contributed by atoms with E-state index in [9.17, 15) is 9.90 Å². The van der Waals surface area contributed by atoms with Crippen molar-refractivity contribution in [3.8, 4) is 11.5 Å². The van der Waals surface area contributed by atoms with Crippen molar-refractivity contribution < 1.29 is 19.4 Å². The molecule has 0 bridgehead atoms. The third kappa shape index (κ3) is 5.02. The number of fused-ring (bicyclic) bond motifs is 2. The molecule has 5 saturated carbocycles. The second-order valence-corrected chi connectivity index (χ2v) is 17.4. The van der Waals surface area contributed by atoms with Crippen molar-refractivity contribution in [3.05, 3.63) is 41.5 Å². The van der Waals surface area contributed by atoms with E-state index in [2.05, 4.69) is 54.5 Å². The highest BCUT2D eigenvalue weighted by Crippen LogP contribution is 2.89. The van der Waals surface area contributed by atoms with Gasteiger partial charge in [0, 0.05) is 5.41 Å². The zero-order valence-corrected chi connectivity index (χ0v) is 29.5. The van der Waals surface area contributed by atoms with E-state index >= 15 is 0 Å². The summed E-state index contributed by atoms with van der Waals surface area (Å²) in [6, 6.07) is 5.20. The number of phenols is 1. The second kappa shape index (κ2) is 11.5. The topological polar surface area (TPSA) is 55.8 Å². The van der Waals surface area contributed by atoms with Crippen LogP contribution < -0.4 is 4.74 Å². The number of allylic oxidation sites excluding steroid dienone is 2. The van der Waals surface area contributed by atoms with Gasteiger partial charge in [-0.1, -0.05) is 64.5 Å². The molecule has 5 fully saturated rings. The van der Waals surface area contributed by atoms with Gasteiger partial charge in [-0.25, -0.2) is 0 Å². The van der Waals surface area contributed by atoms with E-state index in [1.54, 1.807) is 12.1 Å². The minimum absolute atomic E-state index is 0.00424. The maximum absolute atomic E-state index is 13.1. The first-order valence-corrected chi connectivity index (χ1v) is 18.1. The number of ether oxygens (including phenoxy) is 2. The Bertz CT molecular complexity index is 1350. The van der Waals surface area contributed by atoms with Crippen molar-refractivity contribution in [2.24, 2.45) is 50.7 Å². The molecule has 5 aliphatic rings. The minimum atomic E-state index is -0.137. The van der Waals surface area contributed by atoms with Gasteiger partial charge in [-0.15, -0.1) is 0 Å². The SMILES string of the molecule is COc1cc(/C=C/CC(=O)O[C@H]2CC[C@]34C[C@]35CC[C@]3(C)[C@@H](C(C)CCC=C(C)C)CC[C@@]3(C)[C@@H]5CC[C@H]4C2(C)C)ccc1O. The molecule has 9 atom stereocenters. The maximum atomic E-state index is 13.1. The van der Waals surface area contributed by atoms with Gasteiger partial charge in [-0.2, -0.15) is 0 Å². The van der Waals surface area contributed by atoms with Crippen LogP contribution in [0.4, 0.5) is 0 Å². The molecule has 45 heavy (non-hydrogen) atoms. The molecular formula is C41H60O4. The van der Waals surface area contributed by atoms with Crippen LogP contribution in [-0.2, 0) is 9.53 Å². The quantitative estimate of drug-likeness (QED) is 0.221. The number of benzene rings is 1. The largest absolute Gasteiger partial charge is 0.504 e. The Labute approximate surface area is 273 Å². The van der Waals surface area contributed by atoms with Crippen molar-refractivity contribution >= 4 is 12.0 Å². The van der Waals surface area contributed by atoms with Crippen LogP contribution in [-0.4, -0.2) is 24.3 Å². The number of methoxy groups -OCH3 is 1. The van der Waals surface area contributed by atoms with Gasteiger partial charge in [0.25, 0.3) is 0 Å². The van der Waals surface area contributed by atoms with Crippen LogP contribution in [0, 0.1) is 50.7 Å². The van der Waals surface area contributed by atoms with Gasteiger partial charge in [0.15, 0.2) is 11.5 Å². The Kier molecular flexibility index (Phi) is 8.34. The normalized spacial score (nSPS) is 40.0. The van der Waals surface area contributed by atoms with Crippen LogP contribution in [0.3, 0.4) is 0 Å². The van der Waals surface area contributed by atoms with Crippen LogP contribution in [0.15, 0.2) is 35.9 Å². The zero-order chi connectivity index (χ0) is 32.4. The van der Waals surface area contributed by atoms with Crippen LogP contribution >= 0.6 is 0 Å². The van der Waals surface area contributed by atoms with Gasteiger partial charge < -0.3 is 14.6 Å². The summed E-state index contributed by atoms with van der Waals surface area (Å²) >= 11 is 0. The predicted octanol–water partition coefficient (Wildman–Crippen LogP) is 10.5. The van der Waals surface area contributed by atoms with Gasteiger partial charge in [0.1, 0.15) is 6.10 Å². The fourth-order valence-electron chi connectivity index (χ4n) is 12.6. The molecule has 248 valence electrons. The van der Waals surface area contributed by atoms with E-state index in [4.69, 9.17) is 9.47 Å². The van der Waals surface area contributed by atoms with Gasteiger partial charge in [0.05, 0.1) is 13.5 Å².